The molecule has 0 aliphatic rings. The first-order valence-corrected chi connectivity index (χ1v) is 10.1. The summed E-state index contributed by atoms with van der Waals surface area (Å²) in [6.45, 7) is 1.42. The zero-order valence-electron chi connectivity index (χ0n) is 14.2. The molecule has 0 fully saturated rings. The third-order valence-corrected chi connectivity index (χ3v) is 6.39. The highest BCUT2D eigenvalue weighted by Crippen LogP contribution is 2.36. The number of nitrogens with one attached hydrogen (secondary N) is 1. The number of hydrogen-bond acceptors (Lipinski definition) is 5. The molecule has 0 atom stereocenters. The molecular formula is C19H17NO4S2. The summed E-state index contributed by atoms with van der Waals surface area (Å²) in [6, 6.07) is 17.3. The number of ketones is 1. The van der Waals surface area contributed by atoms with Gasteiger partial charge in [-0.3, -0.25) is 9.52 Å². The summed E-state index contributed by atoms with van der Waals surface area (Å²) in [5.41, 5.74) is 1.21. The molecule has 5 nitrogen and oxygen atoms in total. The van der Waals surface area contributed by atoms with Gasteiger partial charge in [-0.2, -0.15) is 0 Å². The van der Waals surface area contributed by atoms with Crippen LogP contribution >= 0.6 is 11.3 Å². The summed E-state index contributed by atoms with van der Waals surface area (Å²) in [5, 5.41) is 0. The molecular weight excluding hydrogens is 370 g/mol. The van der Waals surface area contributed by atoms with Crippen molar-refractivity contribution in [1.82, 2.24) is 0 Å². The van der Waals surface area contributed by atoms with Gasteiger partial charge in [-0.1, -0.05) is 30.3 Å². The maximum absolute atomic E-state index is 12.7. The molecule has 0 spiro atoms. The summed E-state index contributed by atoms with van der Waals surface area (Å²) >= 11 is 1.27. The molecule has 0 amide bonds. The highest BCUT2D eigenvalue weighted by Gasteiger charge is 2.20. The van der Waals surface area contributed by atoms with Crippen LogP contribution in [0, 0.1) is 0 Å². The smallest absolute Gasteiger partial charge is 0.261 e. The number of sulfonamides is 1. The van der Waals surface area contributed by atoms with Crippen LogP contribution in [0.1, 0.15) is 16.6 Å². The minimum atomic E-state index is -3.81. The average molecular weight is 387 g/mol. The van der Waals surface area contributed by atoms with E-state index in [1.807, 2.05) is 30.3 Å². The first-order valence-electron chi connectivity index (χ1n) is 7.78. The lowest BCUT2D eigenvalue weighted by atomic mass is 10.2. The van der Waals surface area contributed by atoms with Gasteiger partial charge in [-0.15, -0.1) is 11.3 Å². The van der Waals surface area contributed by atoms with E-state index in [1.165, 1.54) is 37.5 Å². The summed E-state index contributed by atoms with van der Waals surface area (Å²) in [5.74, 6) is 0.375. The Bertz CT molecular complexity index is 1020. The molecule has 0 radical (unpaired) electrons. The highest BCUT2D eigenvalue weighted by molar-refractivity contribution is 7.92. The van der Waals surface area contributed by atoms with Gasteiger partial charge in [-0.05, 0) is 35.9 Å². The zero-order valence-corrected chi connectivity index (χ0v) is 15.9. The fourth-order valence-corrected chi connectivity index (χ4v) is 4.57. The lowest BCUT2D eigenvalue weighted by Crippen LogP contribution is -2.14. The molecule has 3 aromatic rings. The van der Waals surface area contributed by atoms with Crippen molar-refractivity contribution in [3.05, 3.63) is 65.5 Å². The third-order valence-electron chi connectivity index (χ3n) is 3.72. The van der Waals surface area contributed by atoms with E-state index in [2.05, 4.69) is 4.72 Å². The second-order valence-electron chi connectivity index (χ2n) is 5.56. The van der Waals surface area contributed by atoms with E-state index in [1.54, 1.807) is 18.2 Å². The van der Waals surface area contributed by atoms with Crippen LogP contribution in [-0.4, -0.2) is 21.3 Å². The van der Waals surface area contributed by atoms with E-state index in [9.17, 15) is 13.2 Å². The topological polar surface area (TPSA) is 72.5 Å². The van der Waals surface area contributed by atoms with Crippen LogP contribution < -0.4 is 9.46 Å². The Morgan fingerprint density at radius 2 is 1.69 bits per heavy atom. The van der Waals surface area contributed by atoms with Crippen molar-refractivity contribution < 1.29 is 17.9 Å². The summed E-state index contributed by atoms with van der Waals surface area (Å²) in [7, 11) is -2.30. The van der Waals surface area contributed by atoms with E-state index in [0.29, 0.717) is 10.6 Å². The third kappa shape index (κ3) is 3.79. The van der Waals surface area contributed by atoms with Crippen LogP contribution in [0.15, 0.2) is 65.6 Å². The van der Waals surface area contributed by atoms with Crippen molar-refractivity contribution in [2.75, 3.05) is 11.8 Å². The van der Waals surface area contributed by atoms with E-state index < -0.39 is 10.0 Å². The van der Waals surface area contributed by atoms with Gasteiger partial charge in [0.05, 0.1) is 22.6 Å². The first kappa shape index (κ1) is 18.2. The number of benzene rings is 2. The van der Waals surface area contributed by atoms with E-state index in [4.69, 9.17) is 4.74 Å². The summed E-state index contributed by atoms with van der Waals surface area (Å²) in [6.07, 6.45) is 0. The molecule has 0 aliphatic carbocycles. The van der Waals surface area contributed by atoms with Gasteiger partial charge in [0, 0.05) is 11.8 Å². The molecule has 1 heterocycles. The van der Waals surface area contributed by atoms with Gasteiger partial charge in [0.25, 0.3) is 10.0 Å². The molecule has 134 valence electrons. The van der Waals surface area contributed by atoms with Gasteiger partial charge in [0.2, 0.25) is 0 Å². The monoisotopic (exact) mass is 387 g/mol. The predicted molar refractivity (Wildman–Crippen MR) is 104 cm³/mol. The fourth-order valence-electron chi connectivity index (χ4n) is 2.43. The molecule has 3 rings (SSSR count). The second-order valence-corrected chi connectivity index (χ2v) is 8.29. The van der Waals surface area contributed by atoms with Gasteiger partial charge < -0.3 is 4.74 Å². The SMILES string of the molecule is COc1ccc(S(=O)(=O)Nc2cc(-c3ccccc3)sc2C(C)=O)cc1. The number of rotatable bonds is 6. The Labute approximate surface area is 156 Å². The molecule has 0 saturated carbocycles. The summed E-state index contributed by atoms with van der Waals surface area (Å²) in [4.78, 5) is 13.3. The molecule has 26 heavy (non-hydrogen) atoms. The number of carbonyl (C=O) groups excluding carboxylic acids is 1. The summed E-state index contributed by atoms with van der Waals surface area (Å²) < 4.78 is 32.9. The van der Waals surface area contributed by atoms with Crippen molar-refractivity contribution in [1.29, 1.82) is 0 Å². The van der Waals surface area contributed by atoms with Crippen LogP contribution in [0.25, 0.3) is 10.4 Å². The van der Waals surface area contributed by atoms with Crippen molar-refractivity contribution in [2.45, 2.75) is 11.8 Å². The first-order chi connectivity index (χ1) is 12.4. The zero-order chi connectivity index (χ0) is 18.7. The fraction of sp³-hybridized carbons (Fsp3) is 0.105. The standard InChI is InChI=1S/C19H17NO4S2/c1-13(21)19-17(12-18(25-19)14-6-4-3-5-7-14)20-26(22,23)16-10-8-15(24-2)9-11-16/h3-12,20H,1-2H3. The maximum Gasteiger partial charge on any atom is 0.261 e. The van der Waals surface area contributed by atoms with Crippen LogP contribution in [0.2, 0.25) is 0 Å². The quantitative estimate of drug-likeness (QED) is 0.635. The number of thiophene rings is 1. The highest BCUT2D eigenvalue weighted by atomic mass is 32.2. The molecule has 0 unspecified atom stereocenters. The van der Waals surface area contributed by atoms with Crippen LogP contribution in [0.4, 0.5) is 5.69 Å². The largest absolute Gasteiger partial charge is 0.497 e. The Balaban J connectivity index is 1.97. The van der Waals surface area contributed by atoms with Gasteiger partial charge >= 0.3 is 0 Å². The van der Waals surface area contributed by atoms with Gasteiger partial charge in [-0.25, -0.2) is 8.42 Å². The lowest BCUT2D eigenvalue weighted by molar-refractivity contribution is 0.102. The van der Waals surface area contributed by atoms with E-state index in [0.717, 1.165) is 10.4 Å². The lowest BCUT2D eigenvalue weighted by Gasteiger charge is -2.08. The molecule has 1 aromatic heterocycles. The molecule has 0 aliphatic heterocycles. The number of methoxy groups -OCH3 is 1. The number of carbonyl (C=O) groups is 1. The van der Waals surface area contributed by atoms with E-state index >= 15 is 0 Å². The van der Waals surface area contributed by atoms with Crippen LogP contribution in [0.5, 0.6) is 5.75 Å². The van der Waals surface area contributed by atoms with Crippen LogP contribution in [-0.2, 0) is 10.0 Å². The number of Topliss-reactive ketones (excluding diaryl/α,β-unsaturated/α-hetero) is 1. The van der Waals surface area contributed by atoms with Gasteiger partial charge in [0.15, 0.2) is 5.78 Å². The van der Waals surface area contributed by atoms with Crippen molar-refractivity contribution in [2.24, 2.45) is 0 Å². The van der Waals surface area contributed by atoms with E-state index in [-0.39, 0.29) is 16.4 Å². The number of ether oxygens (including phenoxy) is 1. The Hall–Kier alpha value is -2.64. The van der Waals surface area contributed by atoms with Crippen molar-refractivity contribution in [3.63, 3.8) is 0 Å². The minimum Gasteiger partial charge on any atom is -0.497 e. The van der Waals surface area contributed by atoms with Crippen molar-refractivity contribution in [3.8, 4) is 16.2 Å². The number of hydrogen-bond donors (Lipinski definition) is 1. The second kappa shape index (κ2) is 7.31. The van der Waals surface area contributed by atoms with Gasteiger partial charge in [0.1, 0.15) is 5.75 Å². The van der Waals surface area contributed by atoms with Crippen LogP contribution in [0.3, 0.4) is 0 Å². The number of anilines is 1. The molecule has 7 heteroatoms. The maximum atomic E-state index is 12.7. The molecule has 2 aromatic carbocycles. The molecule has 1 N–H and O–H groups in total. The minimum absolute atomic E-state index is 0.0975. The Morgan fingerprint density at radius 3 is 2.27 bits per heavy atom. The Morgan fingerprint density at radius 1 is 1.04 bits per heavy atom. The molecule has 0 saturated heterocycles. The molecule has 0 bridgehead atoms. The predicted octanol–water partition coefficient (Wildman–Crippen LogP) is 4.43. The normalized spacial score (nSPS) is 11.2. The van der Waals surface area contributed by atoms with Crippen molar-refractivity contribution >= 4 is 32.8 Å². The Kier molecular flexibility index (Phi) is 5.11. The average Bonchev–Trinajstić information content (AvgIpc) is 3.06.